The number of nitro benzene ring substituents is 1. The molecule has 0 amide bonds. The van der Waals surface area contributed by atoms with Crippen LogP contribution >= 0.6 is 0 Å². The minimum atomic E-state index is -3.49. The Morgan fingerprint density at radius 3 is 2.30 bits per heavy atom. The molecule has 0 spiro atoms. The van der Waals surface area contributed by atoms with E-state index in [0.29, 0.717) is 25.9 Å². The van der Waals surface area contributed by atoms with Crippen molar-refractivity contribution >= 4 is 15.5 Å². The summed E-state index contributed by atoms with van der Waals surface area (Å²) in [6.45, 7) is 0.273. The van der Waals surface area contributed by atoms with Crippen LogP contribution in [0, 0.1) is 10.1 Å². The number of aliphatic hydroxyl groups is 1. The molecule has 7 nitrogen and oxygen atoms in total. The molecule has 0 fully saturated rings. The molecular weight excluding hydrogens is 370 g/mol. The monoisotopic (exact) mass is 393 g/mol. The van der Waals surface area contributed by atoms with Gasteiger partial charge in [-0.05, 0) is 37.0 Å². The first-order chi connectivity index (χ1) is 12.9. The summed E-state index contributed by atoms with van der Waals surface area (Å²) in [5.41, 5.74) is 0.868. The van der Waals surface area contributed by atoms with E-state index in [1.54, 1.807) is 0 Å². The van der Waals surface area contributed by atoms with Crippen LogP contribution in [0.5, 0.6) is 0 Å². The predicted molar refractivity (Wildman–Crippen MR) is 101 cm³/mol. The highest BCUT2D eigenvalue weighted by atomic mass is 32.2. The molecule has 0 aromatic heterocycles. The minimum Gasteiger partial charge on any atom is -0.394 e. The molecule has 1 atom stereocenters. The van der Waals surface area contributed by atoms with E-state index in [-0.39, 0.29) is 29.0 Å². The van der Waals surface area contributed by atoms with E-state index in [1.807, 2.05) is 30.3 Å². The largest absolute Gasteiger partial charge is 0.394 e. The molecule has 27 heavy (non-hydrogen) atoms. The average molecular weight is 393 g/mol. The van der Waals surface area contributed by atoms with Gasteiger partial charge in [0.2, 0.25) is 0 Å². The van der Waals surface area contributed by atoms with Crippen molar-refractivity contribution in [2.24, 2.45) is 0 Å². The van der Waals surface area contributed by atoms with E-state index < -0.39 is 14.8 Å². The Balaban J connectivity index is 1.77. The lowest BCUT2D eigenvalue weighted by Crippen LogP contribution is -2.18. The van der Waals surface area contributed by atoms with Crippen LogP contribution in [0.25, 0.3) is 0 Å². The molecule has 0 radical (unpaired) electrons. The van der Waals surface area contributed by atoms with Crippen molar-refractivity contribution in [1.82, 2.24) is 0 Å². The number of rotatable bonds is 11. The molecule has 0 heterocycles. The second-order valence-electron chi connectivity index (χ2n) is 6.17. The Morgan fingerprint density at radius 1 is 1.04 bits per heavy atom. The maximum absolute atomic E-state index is 12.3. The second kappa shape index (κ2) is 10.1. The van der Waals surface area contributed by atoms with Crippen molar-refractivity contribution < 1.29 is 23.2 Å². The van der Waals surface area contributed by atoms with E-state index in [1.165, 1.54) is 24.3 Å². The van der Waals surface area contributed by atoms with Crippen LogP contribution in [0.2, 0.25) is 0 Å². The number of hydrogen-bond acceptors (Lipinski definition) is 6. The highest BCUT2D eigenvalue weighted by molar-refractivity contribution is 7.91. The van der Waals surface area contributed by atoms with Gasteiger partial charge < -0.3 is 9.84 Å². The van der Waals surface area contributed by atoms with Gasteiger partial charge in [0.1, 0.15) is 0 Å². The molecule has 146 valence electrons. The number of nitrogens with zero attached hydrogens (tertiary/aromatic N) is 1. The summed E-state index contributed by atoms with van der Waals surface area (Å²) in [5, 5.41) is 20.0. The molecule has 1 N–H and O–H groups in total. The first-order valence-electron chi connectivity index (χ1n) is 8.66. The fourth-order valence-corrected chi connectivity index (χ4v) is 3.94. The molecule has 0 saturated carbocycles. The van der Waals surface area contributed by atoms with E-state index in [2.05, 4.69) is 0 Å². The standard InChI is InChI=1S/C19H23NO6S/c21-14-18(26-15-16-6-2-1-3-7-16)8-4-5-13-27(24,25)19-11-9-17(10-12-19)20(22)23/h1-3,6-7,9-12,18,21H,4-5,8,13-15H2. The van der Waals surface area contributed by atoms with E-state index in [4.69, 9.17) is 4.74 Å². The fourth-order valence-electron chi connectivity index (χ4n) is 2.57. The maximum atomic E-state index is 12.3. The summed E-state index contributed by atoms with van der Waals surface area (Å²) in [6, 6.07) is 14.5. The van der Waals surface area contributed by atoms with Gasteiger partial charge in [-0.25, -0.2) is 8.42 Å². The van der Waals surface area contributed by atoms with Crippen molar-refractivity contribution in [3.05, 3.63) is 70.3 Å². The van der Waals surface area contributed by atoms with Gasteiger partial charge in [0.25, 0.3) is 5.69 Å². The molecular formula is C19H23NO6S. The molecule has 1 unspecified atom stereocenters. The molecule has 0 bridgehead atoms. The van der Waals surface area contributed by atoms with Crippen molar-refractivity contribution in [1.29, 1.82) is 0 Å². The first kappa shape index (κ1) is 21.0. The van der Waals surface area contributed by atoms with Gasteiger partial charge in [-0.2, -0.15) is 0 Å². The zero-order chi connectivity index (χ0) is 19.7. The molecule has 8 heteroatoms. The Kier molecular flexibility index (Phi) is 7.90. The Hall–Kier alpha value is -2.29. The SMILES string of the molecule is O=[N+]([O-])c1ccc(S(=O)(=O)CCCCC(CO)OCc2ccccc2)cc1. The Labute approximate surface area is 158 Å². The van der Waals surface area contributed by atoms with Crippen LogP contribution in [-0.4, -0.2) is 36.9 Å². The topological polar surface area (TPSA) is 107 Å². The van der Waals surface area contributed by atoms with Crippen molar-refractivity contribution in [2.75, 3.05) is 12.4 Å². The lowest BCUT2D eigenvalue weighted by atomic mass is 10.1. The summed E-state index contributed by atoms with van der Waals surface area (Å²) in [7, 11) is -3.49. The molecule has 2 aromatic rings. The highest BCUT2D eigenvalue weighted by Gasteiger charge is 2.16. The van der Waals surface area contributed by atoms with Crippen molar-refractivity contribution in [3.8, 4) is 0 Å². The van der Waals surface area contributed by atoms with Gasteiger partial charge >= 0.3 is 0 Å². The summed E-state index contributed by atoms with van der Waals surface area (Å²) in [5.74, 6) is -0.0539. The van der Waals surface area contributed by atoms with Crippen LogP contribution < -0.4 is 0 Å². The van der Waals surface area contributed by atoms with Gasteiger partial charge in [0, 0.05) is 12.1 Å². The maximum Gasteiger partial charge on any atom is 0.269 e. The normalized spacial score (nSPS) is 12.6. The van der Waals surface area contributed by atoms with E-state index in [9.17, 15) is 23.6 Å². The summed E-state index contributed by atoms with van der Waals surface area (Å²) in [6.07, 6.45) is 1.22. The summed E-state index contributed by atoms with van der Waals surface area (Å²) < 4.78 is 30.2. The zero-order valence-electron chi connectivity index (χ0n) is 14.9. The number of ether oxygens (including phenoxy) is 1. The second-order valence-corrected chi connectivity index (χ2v) is 8.28. The van der Waals surface area contributed by atoms with Gasteiger partial charge in [0.15, 0.2) is 9.84 Å². The third kappa shape index (κ3) is 6.74. The molecule has 0 aliphatic carbocycles. The summed E-state index contributed by atoms with van der Waals surface area (Å²) in [4.78, 5) is 10.1. The zero-order valence-corrected chi connectivity index (χ0v) is 15.7. The molecule has 2 aromatic carbocycles. The lowest BCUT2D eigenvalue weighted by Gasteiger charge is -2.15. The number of hydrogen-bond donors (Lipinski definition) is 1. The molecule has 0 saturated heterocycles. The van der Waals surface area contributed by atoms with Crippen LogP contribution in [0.15, 0.2) is 59.5 Å². The van der Waals surface area contributed by atoms with Crippen molar-refractivity contribution in [3.63, 3.8) is 0 Å². The number of unbranched alkanes of at least 4 members (excludes halogenated alkanes) is 1. The van der Waals surface area contributed by atoms with Crippen LogP contribution in [0.1, 0.15) is 24.8 Å². The smallest absolute Gasteiger partial charge is 0.269 e. The molecule has 2 rings (SSSR count). The van der Waals surface area contributed by atoms with Crippen molar-refractivity contribution in [2.45, 2.75) is 36.9 Å². The average Bonchev–Trinajstić information content (AvgIpc) is 2.68. The number of sulfone groups is 1. The van der Waals surface area contributed by atoms with Gasteiger partial charge in [-0.3, -0.25) is 10.1 Å². The summed E-state index contributed by atoms with van der Waals surface area (Å²) >= 11 is 0. The van der Waals surface area contributed by atoms with Gasteiger partial charge in [0.05, 0.1) is 34.9 Å². The Morgan fingerprint density at radius 2 is 1.70 bits per heavy atom. The van der Waals surface area contributed by atoms with E-state index in [0.717, 1.165) is 5.56 Å². The number of benzene rings is 2. The van der Waals surface area contributed by atoms with E-state index >= 15 is 0 Å². The third-order valence-corrected chi connectivity index (χ3v) is 5.94. The predicted octanol–water partition coefficient (Wildman–Crippen LogP) is 3.12. The van der Waals surface area contributed by atoms with Gasteiger partial charge in [-0.1, -0.05) is 30.3 Å². The van der Waals surface area contributed by atoms with Gasteiger partial charge in [-0.15, -0.1) is 0 Å². The third-order valence-electron chi connectivity index (χ3n) is 4.13. The van der Waals surface area contributed by atoms with Crippen LogP contribution in [-0.2, 0) is 21.2 Å². The molecule has 0 aliphatic heterocycles. The van der Waals surface area contributed by atoms with Crippen LogP contribution in [0.4, 0.5) is 5.69 Å². The molecule has 0 aliphatic rings. The first-order valence-corrected chi connectivity index (χ1v) is 10.3. The number of non-ortho nitro benzene ring substituents is 1. The van der Waals surface area contributed by atoms with Crippen LogP contribution in [0.3, 0.4) is 0 Å². The highest BCUT2D eigenvalue weighted by Crippen LogP contribution is 2.18. The Bertz CT molecular complexity index is 821. The minimum absolute atomic E-state index is 0.0539. The number of nitro groups is 1. The lowest BCUT2D eigenvalue weighted by molar-refractivity contribution is -0.384. The number of aliphatic hydroxyl groups excluding tert-OH is 1. The fraction of sp³-hybridized carbons (Fsp3) is 0.368. The quantitative estimate of drug-likeness (QED) is 0.357.